The number of urea groups is 1. The fraction of sp³-hybridized carbons (Fsp3) is 0.345. The molecule has 2 aromatic carbocycles. The van der Waals surface area contributed by atoms with Gasteiger partial charge in [0, 0.05) is 41.8 Å². The van der Waals surface area contributed by atoms with Crippen LogP contribution in [-0.4, -0.2) is 67.3 Å². The highest BCUT2D eigenvalue weighted by atomic mass is 32.2. The molecule has 0 unspecified atom stereocenters. The Hall–Kier alpha value is -4.36. The molecule has 5 amide bonds. The molecule has 3 N–H and O–H groups in total. The number of piperidine rings is 1. The van der Waals surface area contributed by atoms with E-state index in [1.165, 1.54) is 4.31 Å². The predicted octanol–water partition coefficient (Wildman–Crippen LogP) is 1.88. The summed E-state index contributed by atoms with van der Waals surface area (Å²) in [6.07, 6.45) is 1.51. The second-order valence-electron chi connectivity index (χ2n) is 10.6. The molecule has 42 heavy (non-hydrogen) atoms. The van der Waals surface area contributed by atoms with Crippen LogP contribution >= 0.6 is 0 Å². The van der Waals surface area contributed by atoms with Gasteiger partial charge in [0.25, 0.3) is 5.91 Å². The summed E-state index contributed by atoms with van der Waals surface area (Å²) in [7, 11) is -3.44. The minimum atomic E-state index is -3.44. The lowest BCUT2D eigenvalue weighted by molar-refractivity contribution is -0.149. The van der Waals surface area contributed by atoms with E-state index in [1.54, 1.807) is 24.3 Å². The number of carbonyl (C=O) groups is 4. The third-order valence-electron chi connectivity index (χ3n) is 7.85. The van der Waals surface area contributed by atoms with Crippen LogP contribution in [0.3, 0.4) is 0 Å². The first kappa shape index (κ1) is 29.1. The van der Waals surface area contributed by atoms with Crippen molar-refractivity contribution in [2.75, 3.05) is 25.9 Å². The molecule has 1 aromatic heterocycles. The molecule has 5 rings (SSSR count). The van der Waals surface area contributed by atoms with Crippen molar-refractivity contribution in [1.29, 1.82) is 0 Å². The fourth-order valence-corrected chi connectivity index (χ4v) is 6.49. The Balaban J connectivity index is 1.27. The van der Waals surface area contributed by atoms with Crippen molar-refractivity contribution in [3.63, 3.8) is 0 Å². The average molecular weight is 594 g/mol. The number of sulfonamides is 1. The van der Waals surface area contributed by atoms with Gasteiger partial charge in [0.2, 0.25) is 21.8 Å². The molecule has 12 nitrogen and oxygen atoms in total. The number of hydrogen-bond donors (Lipinski definition) is 3. The van der Waals surface area contributed by atoms with Crippen LogP contribution in [0.25, 0.3) is 10.9 Å². The van der Waals surface area contributed by atoms with E-state index >= 15 is 0 Å². The van der Waals surface area contributed by atoms with Gasteiger partial charge in [0.05, 0.1) is 11.8 Å². The first-order valence-corrected chi connectivity index (χ1v) is 15.3. The predicted molar refractivity (Wildman–Crippen MR) is 153 cm³/mol. The Morgan fingerprint density at radius 1 is 1.05 bits per heavy atom. The van der Waals surface area contributed by atoms with Crippen molar-refractivity contribution in [2.45, 2.75) is 26.4 Å². The van der Waals surface area contributed by atoms with Crippen molar-refractivity contribution in [3.8, 4) is 5.75 Å². The van der Waals surface area contributed by atoms with Crippen LogP contribution in [0.2, 0.25) is 0 Å². The van der Waals surface area contributed by atoms with Crippen molar-refractivity contribution >= 4 is 44.7 Å². The molecule has 0 saturated carbocycles. The van der Waals surface area contributed by atoms with Gasteiger partial charge < -0.3 is 10.1 Å². The number of carbonyl (C=O) groups excluding carboxylic acids is 4. The highest BCUT2D eigenvalue weighted by Crippen LogP contribution is 2.38. The SMILES string of the molecule is Cc1cc(COc2ccc(C(=O)NCC3(C4CCN(S(C)(=O)=O)CC4)C(=O)NC(=O)NC3=O)cc2)c2ccccc2n1. The lowest BCUT2D eigenvalue weighted by atomic mass is 9.68. The van der Waals surface area contributed by atoms with E-state index in [1.807, 2.05) is 37.3 Å². The Labute approximate surface area is 242 Å². The second kappa shape index (κ2) is 11.5. The number of ether oxygens (including phenoxy) is 1. The molecule has 3 heterocycles. The number of para-hydroxylation sites is 1. The molecule has 0 spiro atoms. The first-order valence-electron chi connectivity index (χ1n) is 13.5. The number of nitrogens with one attached hydrogen (secondary N) is 3. The van der Waals surface area contributed by atoms with Gasteiger partial charge in [-0.05, 0) is 62.1 Å². The number of aromatic nitrogens is 1. The number of benzene rings is 2. The van der Waals surface area contributed by atoms with E-state index in [9.17, 15) is 27.6 Å². The molecule has 2 aliphatic heterocycles. The molecule has 13 heteroatoms. The molecule has 220 valence electrons. The quantitative estimate of drug-likeness (QED) is 0.333. The van der Waals surface area contributed by atoms with Gasteiger partial charge in [-0.25, -0.2) is 17.5 Å². The summed E-state index contributed by atoms with van der Waals surface area (Å²) in [5.41, 5.74) is 1.24. The van der Waals surface area contributed by atoms with Crippen LogP contribution in [0.5, 0.6) is 5.75 Å². The highest BCUT2D eigenvalue weighted by molar-refractivity contribution is 7.88. The molecule has 0 atom stereocenters. The van der Waals surface area contributed by atoms with E-state index in [2.05, 4.69) is 20.9 Å². The smallest absolute Gasteiger partial charge is 0.328 e. The van der Waals surface area contributed by atoms with E-state index in [0.717, 1.165) is 28.4 Å². The number of pyridine rings is 1. The molecule has 2 fully saturated rings. The van der Waals surface area contributed by atoms with Crippen molar-refractivity contribution in [2.24, 2.45) is 11.3 Å². The van der Waals surface area contributed by atoms with E-state index in [-0.39, 0.29) is 38.0 Å². The summed E-state index contributed by atoms with van der Waals surface area (Å²) >= 11 is 0. The second-order valence-corrected chi connectivity index (χ2v) is 12.6. The molecular formula is C29H31N5O7S. The Morgan fingerprint density at radius 3 is 2.33 bits per heavy atom. The topological polar surface area (TPSA) is 164 Å². The van der Waals surface area contributed by atoms with E-state index in [0.29, 0.717) is 12.4 Å². The first-order chi connectivity index (χ1) is 20.0. The summed E-state index contributed by atoms with van der Waals surface area (Å²) in [5.74, 6) is -2.23. The van der Waals surface area contributed by atoms with Crippen LogP contribution in [0.15, 0.2) is 54.6 Å². The number of barbiturate groups is 1. The number of imide groups is 2. The summed E-state index contributed by atoms with van der Waals surface area (Å²) in [6, 6.07) is 15.3. The van der Waals surface area contributed by atoms with Gasteiger partial charge in [-0.2, -0.15) is 0 Å². The maximum absolute atomic E-state index is 13.1. The number of rotatable bonds is 8. The molecule has 3 aromatic rings. The van der Waals surface area contributed by atoms with Gasteiger partial charge >= 0.3 is 6.03 Å². The lowest BCUT2D eigenvalue weighted by Gasteiger charge is -2.43. The Morgan fingerprint density at radius 2 is 1.69 bits per heavy atom. The molecule has 0 radical (unpaired) electrons. The lowest BCUT2D eigenvalue weighted by Crippen LogP contribution is -2.68. The third kappa shape index (κ3) is 5.83. The number of hydrogen-bond acceptors (Lipinski definition) is 8. The number of nitrogens with zero attached hydrogens (tertiary/aromatic N) is 2. The van der Waals surface area contributed by atoms with Gasteiger partial charge in [0.1, 0.15) is 17.8 Å². The minimum absolute atomic E-state index is 0.115. The van der Waals surface area contributed by atoms with Crippen LogP contribution in [-0.2, 0) is 26.2 Å². The molecular weight excluding hydrogens is 562 g/mol. The summed E-state index contributed by atoms with van der Waals surface area (Å²) in [4.78, 5) is 55.6. The molecule has 2 aliphatic rings. The van der Waals surface area contributed by atoms with Gasteiger partial charge in [-0.1, -0.05) is 18.2 Å². The van der Waals surface area contributed by atoms with Gasteiger partial charge in [-0.3, -0.25) is 30.0 Å². The monoisotopic (exact) mass is 593 g/mol. The zero-order valence-corrected chi connectivity index (χ0v) is 24.0. The number of amides is 5. The van der Waals surface area contributed by atoms with Crippen LogP contribution in [0.1, 0.15) is 34.5 Å². The van der Waals surface area contributed by atoms with E-state index < -0.39 is 45.1 Å². The number of aryl methyl sites for hydroxylation is 1. The van der Waals surface area contributed by atoms with Crippen molar-refractivity contribution in [3.05, 3.63) is 71.4 Å². The normalized spacial score (nSPS) is 17.9. The maximum atomic E-state index is 13.1. The highest BCUT2D eigenvalue weighted by Gasteiger charge is 2.56. The Bertz CT molecular complexity index is 1650. The molecule has 0 bridgehead atoms. The van der Waals surface area contributed by atoms with Crippen molar-refractivity contribution in [1.82, 2.24) is 25.2 Å². The van der Waals surface area contributed by atoms with Gasteiger partial charge in [0.15, 0.2) is 0 Å². The maximum Gasteiger partial charge on any atom is 0.328 e. The summed E-state index contributed by atoms with van der Waals surface area (Å²) in [5, 5.41) is 7.95. The third-order valence-corrected chi connectivity index (χ3v) is 9.16. The van der Waals surface area contributed by atoms with Crippen LogP contribution in [0.4, 0.5) is 4.79 Å². The largest absolute Gasteiger partial charge is 0.489 e. The zero-order valence-electron chi connectivity index (χ0n) is 23.2. The average Bonchev–Trinajstić information content (AvgIpc) is 2.95. The van der Waals surface area contributed by atoms with Gasteiger partial charge in [-0.15, -0.1) is 0 Å². The van der Waals surface area contributed by atoms with Crippen LogP contribution in [0, 0.1) is 18.3 Å². The number of fused-ring (bicyclic) bond motifs is 1. The molecule has 0 aliphatic carbocycles. The Kier molecular flexibility index (Phi) is 7.97. The molecule has 2 saturated heterocycles. The van der Waals surface area contributed by atoms with Crippen LogP contribution < -0.4 is 20.7 Å². The standard InChI is InChI=1S/C29H31N5O7S/c1-18-15-20(23-5-3-4-6-24(23)31-18)16-41-22-9-7-19(8-10-22)25(35)30-17-29(26(36)32-28(38)33-27(29)37)21-11-13-34(14-12-21)42(2,39)40/h3-10,15,21H,11-14,16-17H2,1-2H3,(H,30,35)(H2,32,33,36,37,38). The summed E-state index contributed by atoms with van der Waals surface area (Å²) in [6.45, 7) is 2.09. The fourth-order valence-electron chi connectivity index (χ4n) is 5.62. The van der Waals surface area contributed by atoms with Crippen molar-refractivity contribution < 1.29 is 32.3 Å². The minimum Gasteiger partial charge on any atom is -0.489 e. The van der Waals surface area contributed by atoms with E-state index in [4.69, 9.17) is 4.74 Å². The zero-order chi connectivity index (χ0) is 30.1. The summed E-state index contributed by atoms with van der Waals surface area (Å²) < 4.78 is 31.1.